The summed E-state index contributed by atoms with van der Waals surface area (Å²) in [5.74, 6) is -0.998. The number of hydrogen-bond donors (Lipinski definition) is 2. The Morgan fingerprint density at radius 1 is 1.32 bits per heavy atom. The molecule has 5 heteroatoms. The van der Waals surface area contributed by atoms with E-state index in [1.807, 2.05) is 12.1 Å². The third-order valence-corrected chi connectivity index (χ3v) is 2.58. The van der Waals surface area contributed by atoms with Gasteiger partial charge in [-0.25, -0.2) is 4.79 Å². The van der Waals surface area contributed by atoms with E-state index in [1.54, 1.807) is 18.2 Å². The molecule has 0 saturated heterocycles. The fraction of sp³-hybridized carbons (Fsp3) is 0.0714. The SMILES string of the molecule is N#Cc1ccccc1NCc1ccc(C(=O)O)cn1. The first-order valence-corrected chi connectivity index (χ1v) is 5.62. The molecule has 1 heterocycles. The molecule has 0 spiro atoms. The highest BCUT2D eigenvalue weighted by Crippen LogP contribution is 2.14. The van der Waals surface area contributed by atoms with E-state index in [0.717, 1.165) is 5.69 Å². The van der Waals surface area contributed by atoms with Crippen molar-refractivity contribution in [3.8, 4) is 6.07 Å². The summed E-state index contributed by atoms with van der Waals surface area (Å²) >= 11 is 0. The first-order chi connectivity index (χ1) is 9.20. The average Bonchev–Trinajstić information content (AvgIpc) is 2.45. The molecule has 19 heavy (non-hydrogen) atoms. The van der Waals surface area contributed by atoms with Crippen molar-refractivity contribution in [1.82, 2.24) is 4.98 Å². The van der Waals surface area contributed by atoms with Crippen LogP contribution in [0.5, 0.6) is 0 Å². The van der Waals surface area contributed by atoms with Crippen LogP contribution in [-0.4, -0.2) is 16.1 Å². The molecule has 0 radical (unpaired) electrons. The molecular formula is C14H11N3O2. The zero-order chi connectivity index (χ0) is 13.7. The Hall–Kier alpha value is -2.87. The number of rotatable bonds is 4. The van der Waals surface area contributed by atoms with Crippen LogP contribution >= 0.6 is 0 Å². The summed E-state index contributed by atoms with van der Waals surface area (Å²) in [6.45, 7) is 0.429. The van der Waals surface area contributed by atoms with Crippen molar-refractivity contribution in [1.29, 1.82) is 5.26 Å². The minimum atomic E-state index is -0.998. The summed E-state index contributed by atoms with van der Waals surface area (Å²) in [5.41, 5.74) is 2.15. The molecule has 5 nitrogen and oxygen atoms in total. The Morgan fingerprint density at radius 3 is 2.74 bits per heavy atom. The van der Waals surface area contributed by atoms with Crippen molar-refractivity contribution in [2.24, 2.45) is 0 Å². The normalized spacial score (nSPS) is 9.63. The first kappa shape index (κ1) is 12.6. The fourth-order valence-electron chi connectivity index (χ4n) is 1.58. The van der Waals surface area contributed by atoms with Crippen LogP contribution in [0, 0.1) is 11.3 Å². The average molecular weight is 253 g/mol. The maximum Gasteiger partial charge on any atom is 0.337 e. The molecule has 94 valence electrons. The van der Waals surface area contributed by atoms with Gasteiger partial charge in [0, 0.05) is 6.20 Å². The van der Waals surface area contributed by atoms with Gasteiger partial charge in [-0.05, 0) is 24.3 Å². The van der Waals surface area contributed by atoms with Crippen LogP contribution in [0.1, 0.15) is 21.6 Å². The van der Waals surface area contributed by atoms with Gasteiger partial charge in [-0.3, -0.25) is 4.98 Å². The van der Waals surface area contributed by atoms with Crippen molar-refractivity contribution in [3.05, 3.63) is 59.4 Å². The number of hydrogen-bond acceptors (Lipinski definition) is 4. The Morgan fingerprint density at radius 2 is 2.11 bits per heavy atom. The Kier molecular flexibility index (Phi) is 3.74. The lowest BCUT2D eigenvalue weighted by Crippen LogP contribution is -2.04. The second kappa shape index (κ2) is 5.65. The van der Waals surface area contributed by atoms with E-state index < -0.39 is 5.97 Å². The van der Waals surface area contributed by atoms with Gasteiger partial charge in [0.05, 0.1) is 29.1 Å². The Balaban J connectivity index is 2.06. The van der Waals surface area contributed by atoms with Gasteiger partial charge in [0.15, 0.2) is 0 Å². The van der Waals surface area contributed by atoms with Crippen molar-refractivity contribution in [2.75, 3.05) is 5.32 Å². The predicted octanol–water partition coefficient (Wildman–Crippen LogP) is 2.26. The van der Waals surface area contributed by atoms with Crippen molar-refractivity contribution >= 4 is 11.7 Å². The van der Waals surface area contributed by atoms with Gasteiger partial charge in [-0.2, -0.15) is 5.26 Å². The summed E-state index contributed by atoms with van der Waals surface area (Å²) < 4.78 is 0. The number of pyridine rings is 1. The third-order valence-electron chi connectivity index (χ3n) is 2.58. The van der Waals surface area contributed by atoms with Crippen molar-refractivity contribution < 1.29 is 9.90 Å². The highest BCUT2D eigenvalue weighted by atomic mass is 16.4. The monoisotopic (exact) mass is 253 g/mol. The molecular weight excluding hydrogens is 242 g/mol. The summed E-state index contributed by atoms with van der Waals surface area (Å²) in [5, 5.41) is 20.8. The number of aromatic nitrogens is 1. The van der Waals surface area contributed by atoms with E-state index in [1.165, 1.54) is 12.3 Å². The largest absolute Gasteiger partial charge is 0.478 e. The van der Waals surface area contributed by atoms with Gasteiger partial charge >= 0.3 is 5.97 Å². The van der Waals surface area contributed by atoms with E-state index in [4.69, 9.17) is 10.4 Å². The maximum absolute atomic E-state index is 10.7. The lowest BCUT2D eigenvalue weighted by molar-refractivity contribution is 0.0696. The second-order valence-corrected chi connectivity index (χ2v) is 3.85. The molecule has 0 fully saturated rings. The number of carboxylic acids is 1. The van der Waals surface area contributed by atoms with E-state index in [-0.39, 0.29) is 5.56 Å². The molecule has 2 N–H and O–H groups in total. The van der Waals surface area contributed by atoms with Gasteiger partial charge in [0.1, 0.15) is 6.07 Å². The van der Waals surface area contributed by atoms with Gasteiger partial charge in [-0.1, -0.05) is 12.1 Å². The fourth-order valence-corrected chi connectivity index (χ4v) is 1.58. The minimum Gasteiger partial charge on any atom is -0.478 e. The molecule has 2 rings (SSSR count). The number of nitrogens with zero attached hydrogens (tertiary/aromatic N) is 2. The van der Waals surface area contributed by atoms with Crippen LogP contribution in [0.2, 0.25) is 0 Å². The van der Waals surface area contributed by atoms with Crippen molar-refractivity contribution in [2.45, 2.75) is 6.54 Å². The molecule has 2 aromatic rings. The van der Waals surface area contributed by atoms with E-state index >= 15 is 0 Å². The molecule has 1 aromatic heterocycles. The number of aromatic carboxylic acids is 1. The number of carboxylic acid groups (broad SMARTS) is 1. The van der Waals surface area contributed by atoms with Crippen molar-refractivity contribution in [3.63, 3.8) is 0 Å². The number of para-hydroxylation sites is 1. The standard InChI is InChI=1S/C14H11N3O2/c15-7-10-3-1-2-4-13(10)17-9-12-6-5-11(8-16-12)14(18)19/h1-6,8,17H,9H2,(H,18,19). The molecule has 0 bridgehead atoms. The highest BCUT2D eigenvalue weighted by molar-refractivity contribution is 5.87. The molecule has 0 aliphatic rings. The number of benzene rings is 1. The van der Waals surface area contributed by atoms with Gasteiger partial charge in [-0.15, -0.1) is 0 Å². The van der Waals surface area contributed by atoms with Crippen LogP contribution in [0.25, 0.3) is 0 Å². The van der Waals surface area contributed by atoms with E-state index in [2.05, 4.69) is 16.4 Å². The Bertz CT molecular complexity index is 630. The zero-order valence-electron chi connectivity index (χ0n) is 10.00. The number of nitriles is 1. The molecule has 1 aromatic carbocycles. The Labute approximate surface area is 110 Å². The first-order valence-electron chi connectivity index (χ1n) is 5.62. The van der Waals surface area contributed by atoms with Crippen LogP contribution < -0.4 is 5.32 Å². The van der Waals surface area contributed by atoms with Crippen LogP contribution in [0.3, 0.4) is 0 Å². The highest BCUT2D eigenvalue weighted by Gasteiger charge is 2.04. The smallest absolute Gasteiger partial charge is 0.337 e. The molecule has 0 aliphatic carbocycles. The molecule has 0 atom stereocenters. The summed E-state index contributed by atoms with van der Waals surface area (Å²) in [6, 6.07) is 12.4. The number of nitrogens with one attached hydrogen (secondary N) is 1. The topological polar surface area (TPSA) is 86.0 Å². The van der Waals surface area contributed by atoms with Gasteiger partial charge in [0.2, 0.25) is 0 Å². The van der Waals surface area contributed by atoms with E-state index in [9.17, 15) is 4.79 Å². The van der Waals surface area contributed by atoms with Crippen LogP contribution in [-0.2, 0) is 6.54 Å². The quantitative estimate of drug-likeness (QED) is 0.872. The maximum atomic E-state index is 10.7. The zero-order valence-corrected chi connectivity index (χ0v) is 10.00. The summed E-state index contributed by atoms with van der Waals surface area (Å²) in [4.78, 5) is 14.7. The molecule has 0 amide bonds. The number of anilines is 1. The lowest BCUT2D eigenvalue weighted by atomic mass is 10.2. The van der Waals surface area contributed by atoms with E-state index in [0.29, 0.717) is 17.8 Å². The minimum absolute atomic E-state index is 0.154. The second-order valence-electron chi connectivity index (χ2n) is 3.85. The molecule has 0 saturated carbocycles. The number of carbonyl (C=O) groups is 1. The van der Waals surface area contributed by atoms with Crippen LogP contribution in [0.4, 0.5) is 5.69 Å². The lowest BCUT2D eigenvalue weighted by Gasteiger charge is -2.07. The van der Waals surface area contributed by atoms with Gasteiger partial charge < -0.3 is 10.4 Å². The predicted molar refractivity (Wildman–Crippen MR) is 69.7 cm³/mol. The summed E-state index contributed by atoms with van der Waals surface area (Å²) in [7, 11) is 0. The van der Waals surface area contributed by atoms with Gasteiger partial charge in [0.25, 0.3) is 0 Å². The molecule has 0 aliphatic heterocycles. The van der Waals surface area contributed by atoms with Crippen LogP contribution in [0.15, 0.2) is 42.6 Å². The summed E-state index contributed by atoms with van der Waals surface area (Å²) in [6.07, 6.45) is 1.32. The third kappa shape index (κ3) is 3.07. The molecule has 0 unspecified atom stereocenters.